The average molecular weight is 431 g/mol. The van der Waals surface area contributed by atoms with E-state index in [0.717, 1.165) is 5.69 Å². The van der Waals surface area contributed by atoms with E-state index in [-0.39, 0.29) is 10.9 Å². The van der Waals surface area contributed by atoms with Crippen LogP contribution in [-0.4, -0.2) is 50.8 Å². The molecule has 3 rings (SSSR count). The average Bonchev–Trinajstić information content (AvgIpc) is 3.15. The molecule has 1 fully saturated rings. The van der Waals surface area contributed by atoms with Crippen LogP contribution in [0.1, 0.15) is 29.8 Å². The SMILES string of the molecule is CCN(CC)S(=O)(=O)c1ccc(C)c(C(=O)Nc2ccc(N3CCNC3=O)cc2)c1. The highest BCUT2D eigenvalue weighted by molar-refractivity contribution is 7.89. The summed E-state index contributed by atoms with van der Waals surface area (Å²) in [6.07, 6.45) is 0. The number of benzene rings is 2. The van der Waals surface area contributed by atoms with E-state index in [2.05, 4.69) is 10.6 Å². The van der Waals surface area contributed by atoms with Gasteiger partial charge in [-0.3, -0.25) is 9.69 Å². The van der Waals surface area contributed by atoms with E-state index in [1.165, 1.54) is 16.4 Å². The Hall–Kier alpha value is -2.91. The van der Waals surface area contributed by atoms with Crippen LogP contribution in [0.5, 0.6) is 0 Å². The molecule has 0 radical (unpaired) electrons. The lowest BCUT2D eigenvalue weighted by atomic mass is 10.1. The highest BCUT2D eigenvalue weighted by Crippen LogP contribution is 2.23. The standard InChI is InChI=1S/C21H26N4O4S/c1-4-24(5-2)30(28,29)18-11-6-15(3)19(14-18)20(26)23-16-7-9-17(10-8-16)25-13-12-22-21(25)27/h6-11,14H,4-5,12-13H2,1-3H3,(H,22,27)(H,23,26). The summed E-state index contributed by atoms with van der Waals surface area (Å²) < 4.78 is 26.9. The number of amides is 3. The Kier molecular flexibility index (Phi) is 6.42. The first kappa shape index (κ1) is 21.8. The summed E-state index contributed by atoms with van der Waals surface area (Å²) in [5.41, 5.74) is 2.27. The van der Waals surface area contributed by atoms with E-state index >= 15 is 0 Å². The molecule has 9 heteroatoms. The molecule has 0 atom stereocenters. The molecule has 160 valence electrons. The van der Waals surface area contributed by atoms with Crippen LogP contribution >= 0.6 is 0 Å². The molecule has 3 amide bonds. The number of rotatable bonds is 7. The zero-order valence-electron chi connectivity index (χ0n) is 17.3. The van der Waals surface area contributed by atoms with E-state index in [0.29, 0.717) is 43.0 Å². The predicted octanol–water partition coefficient (Wildman–Crippen LogP) is 2.81. The molecule has 0 bridgehead atoms. The molecule has 30 heavy (non-hydrogen) atoms. The van der Waals surface area contributed by atoms with Gasteiger partial charge in [0.05, 0.1) is 4.90 Å². The maximum absolute atomic E-state index is 12.8. The van der Waals surface area contributed by atoms with E-state index < -0.39 is 15.9 Å². The number of carbonyl (C=O) groups excluding carboxylic acids is 2. The second kappa shape index (κ2) is 8.85. The van der Waals surface area contributed by atoms with Crippen LogP contribution in [0, 0.1) is 6.92 Å². The van der Waals surface area contributed by atoms with Gasteiger partial charge in [0.15, 0.2) is 0 Å². The van der Waals surface area contributed by atoms with Crippen molar-refractivity contribution in [1.82, 2.24) is 9.62 Å². The van der Waals surface area contributed by atoms with Gasteiger partial charge in [-0.15, -0.1) is 0 Å². The Balaban J connectivity index is 1.81. The van der Waals surface area contributed by atoms with Gasteiger partial charge in [0.1, 0.15) is 0 Å². The molecule has 0 unspecified atom stereocenters. The molecule has 8 nitrogen and oxygen atoms in total. The fourth-order valence-corrected chi connectivity index (χ4v) is 4.84. The molecule has 0 spiro atoms. The summed E-state index contributed by atoms with van der Waals surface area (Å²) in [7, 11) is -3.66. The van der Waals surface area contributed by atoms with Gasteiger partial charge in [0.25, 0.3) is 5.91 Å². The molecule has 2 aromatic rings. The van der Waals surface area contributed by atoms with Gasteiger partial charge in [0.2, 0.25) is 10.0 Å². The molecule has 1 saturated heterocycles. The van der Waals surface area contributed by atoms with Gasteiger partial charge in [0, 0.05) is 43.1 Å². The second-order valence-electron chi connectivity index (χ2n) is 6.95. The molecule has 2 N–H and O–H groups in total. The van der Waals surface area contributed by atoms with Crippen LogP contribution in [0.3, 0.4) is 0 Å². The number of sulfonamides is 1. The zero-order valence-corrected chi connectivity index (χ0v) is 18.1. The van der Waals surface area contributed by atoms with E-state index in [9.17, 15) is 18.0 Å². The smallest absolute Gasteiger partial charge is 0.321 e. The number of anilines is 2. The monoisotopic (exact) mass is 430 g/mol. The van der Waals surface area contributed by atoms with E-state index in [4.69, 9.17) is 0 Å². The van der Waals surface area contributed by atoms with Crippen LogP contribution in [0.4, 0.5) is 16.2 Å². The molecule has 2 aromatic carbocycles. The Bertz CT molecular complexity index is 1050. The number of hydrogen-bond donors (Lipinski definition) is 2. The summed E-state index contributed by atoms with van der Waals surface area (Å²) in [4.78, 5) is 26.3. The summed E-state index contributed by atoms with van der Waals surface area (Å²) in [5.74, 6) is -0.393. The fraction of sp³-hybridized carbons (Fsp3) is 0.333. The number of urea groups is 1. The van der Waals surface area contributed by atoms with Crippen molar-refractivity contribution < 1.29 is 18.0 Å². The highest BCUT2D eigenvalue weighted by atomic mass is 32.2. The number of carbonyl (C=O) groups is 2. The molecule has 0 aliphatic carbocycles. The molecular weight excluding hydrogens is 404 g/mol. The van der Waals surface area contributed by atoms with Crippen molar-refractivity contribution in [2.75, 3.05) is 36.4 Å². The normalized spacial score (nSPS) is 14.1. The zero-order chi connectivity index (χ0) is 21.9. The first-order valence-electron chi connectivity index (χ1n) is 9.85. The van der Waals surface area contributed by atoms with Gasteiger partial charge in [-0.1, -0.05) is 19.9 Å². The Morgan fingerprint density at radius 3 is 2.37 bits per heavy atom. The van der Waals surface area contributed by atoms with Gasteiger partial charge >= 0.3 is 6.03 Å². The molecule has 0 saturated carbocycles. The highest BCUT2D eigenvalue weighted by Gasteiger charge is 2.24. The minimum atomic E-state index is -3.66. The predicted molar refractivity (Wildman–Crippen MR) is 116 cm³/mol. The van der Waals surface area contributed by atoms with Crippen molar-refractivity contribution in [3.05, 3.63) is 53.6 Å². The minimum absolute atomic E-state index is 0.0948. The number of aryl methyl sites for hydroxylation is 1. The fourth-order valence-electron chi connectivity index (χ4n) is 3.36. The lowest BCUT2D eigenvalue weighted by Gasteiger charge is -2.19. The molecule has 1 aliphatic heterocycles. The van der Waals surface area contributed by atoms with Crippen LogP contribution < -0.4 is 15.5 Å². The number of hydrogen-bond acceptors (Lipinski definition) is 4. The van der Waals surface area contributed by atoms with Crippen LogP contribution in [0.25, 0.3) is 0 Å². The minimum Gasteiger partial charge on any atom is -0.336 e. The van der Waals surface area contributed by atoms with Crippen molar-refractivity contribution in [2.24, 2.45) is 0 Å². The molecule has 0 aromatic heterocycles. The largest absolute Gasteiger partial charge is 0.336 e. The van der Waals surface area contributed by atoms with Crippen LogP contribution in [0.2, 0.25) is 0 Å². The second-order valence-corrected chi connectivity index (χ2v) is 8.89. The van der Waals surface area contributed by atoms with Gasteiger partial charge in [-0.2, -0.15) is 4.31 Å². The summed E-state index contributed by atoms with van der Waals surface area (Å²) in [6, 6.07) is 11.4. The van der Waals surface area contributed by atoms with Gasteiger partial charge in [-0.05, 0) is 48.9 Å². The maximum Gasteiger partial charge on any atom is 0.321 e. The van der Waals surface area contributed by atoms with Gasteiger partial charge in [-0.25, -0.2) is 13.2 Å². The molecule has 1 aliphatic rings. The third-order valence-corrected chi connectivity index (χ3v) is 7.14. The lowest BCUT2D eigenvalue weighted by molar-refractivity contribution is 0.102. The Morgan fingerprint density at radius 1 is 1.13 bits per heavy atom. The quantitative estimate of drug-likeness (QED) is 0.706. The van der Waals surface area contributed by atoms with Crippen molar-refractivity contribution in [1.29, 1.82) is 0 Å². The molecular formula is C21H26N4O4S. The van der Waals surface area contributed by atoms with Crippen molar-refractivity contribution in [2.45, 2.75) is 25.7 Å². The van der Waals surface area contributed by atoms with Crippen LogP contribution in [0.15, 0.2) is 47.4 Å². The summed E-state index contributed by atoms with van der Waals surface area (Å²) in [5, 5.41) is 5.54. The first-order chi connectivity index (χ1) is 14.3. The summed E-state index contributed by atoms with van der Waals surface area (Å²) in [6.45, 7) is 7.22. The van der Waals surface area contributed by atoms with Crippen molar-refractivity contribution in [3.63, 3.8) is 0 Å². The molecule has 1 heterocycles. The van der Waals surface area contributed by atoms with E-state index in [1.54, 1.807) is 56.0 Å². The lowest BCUT2D eigenvalue weighted by Crippen LogP contribution is -2.30. The maximum atomic E-state index is 12.8. The van der Waals surface area contributed by atoms with E-state index in [1.807, 2.05) is 0 Å². The van der Waals surface area contributed by atoms with Crippen molar-refractivity contribution >= 4 is 33.3 Å². The Morgan fingerprint density at radius 2 is 1.80 bits per heavy atom. The first-order valence-corrected chi connectivity index (χ1v) is 11.3. The summed E-state index contributed by atoms with van der Waals surface area (Å²) >= 11 is 0. The third-order valence-electron chi connectivity index (χ3n) is 5.09. The topological polar surface area (TPSA) is 98.8 Å². The van der Waals surface area contributed by atoms with Crippen LogP contribution in [-0.2, 0) is 10.0 Å². The van der Waals surface area contributed by atoms with Gasteiger partial charge < -0.3 is 10.6 Å². The number of nitrogens with zero attached hydrogens (tertiary/aromatic N) is 2. The number of nitrogens with one attached hydrogen (secondary N) is 2. The van der Waals surface area contributed by atoms with Crippen molar-refractivity contribution in [3.8, 4) is 0 Å². The Labute approximate surface area is 176 Å². The third kappa shape index (κ3) is 4.31.